The van der Waals surface area contributed by atoms with Crippen molar-refractivity contribution in [3.05, 3.63) is 52.5 Å². The van der Waals surface area contributed by atoms with Gasteiger partial charge < -0.3 is 8.92 Å². The van der Waals surface area contributed by atoms with Gasteiger partial charge in [-0.25, -0.2) is 0 Å². The number of methoxy groups -OCH3 is 1. The van der Waals surface area contributed by atoms with Gasteiger partial charge in [0.1, 0.15) is 11.2 Å². The highest BCUT2D eigenvalue weighted by atomic mass is 79.9. The molecule has 0 aromatic heterocycles. The minimum absolute atomic E-state index is 0.0195. The average Bonchev–Trinajstić information content (AvgIpc) is 2.47. The second-order valence-corrected chi connectivity index (χ2v) is 6.48. The Morgan fingerprint density at radius 3 is 2.29 bits per heavy atom. The van der Waals surface area contributed by atoms with E-state index in [1.165, 1.54) is 37.4 Å². The molecule has 7 heteroatoms. The van der Waals surface area contributed by atoms with Crippen molar-refractivity contribution in [3.63, 3.8) is 0 Å². The van der Waals surface area contributed by atoms with Crippen molar-refractivity contribution in [2.75, 3.05) is 7.11 Å². The molecule has 2 aromatic carbocycles. The molecule has 0 bridgehead atoms. The van der Waals surface area contributed by atoms with Crippen molar-refractivity contribution in [1.29, 1.82) is 0 Å². The highest BCUT2D eigenvalue weighted by Crippen LogP contribution is 2.30. The second kappa shape index (κ2) is 6.28. The van der Waals surface area contributed by atoms with Crippen molar-refractivity contribution < 1.29 is 22.1 Å². The molecule has 0 saturated heterocycles. The lowest BCUT2D eigenvalue weighted by Crippen LogP contribution is -2.10. The molecule has 2 rings (SSSR count). The van der Waals surface area contributed by atoms with Gasteiger partial charge in [-0.3, -0.25) is 4.79 Å². The molecule has 0 aliphatic heterocycles. The summed E-state index contributed by atoms with van der Waals surface area (Å²) in [5, 5.41) is 0. The molecule has 0 spiro atoms. The Kier molecular flexibility index (Phi) is 4.64. The third-order valence-electron chi connectivity index (χ3n) is 2.63. The Morgan fingerprint density at radius 1 is 1.05 bits per heavy atom. The third kappa shape index (κ3) is 3.62. The van der Waals surface area contributed by atoms with Gasteiger partial charge in [0.15, 0.2) is 11.5 Å². The van der Waals surface area contributed by atoms with Gasteiger partial charge in [0.05, 0.1) is 7.11 Å². The Labute approximate surface area is 130 Å². The first-order valence-corrected chi connectivity index (χ1v) is 7.99. The van der Waals surface area contributed by atoms with Gasteiger partial charge in [-0.1, -0.05) is 15.9 Å². The zero-order valence-electron chi connectivity index (χ0n) is 10.9. The molecule has 0 atom stereocenters. The van der Waals surface area contributed by atoms with Crippen LogP contribution < -0.4 is 8.92 Å². The zero-order valence-corrected chi connectivity index (χ0v) is 13.3. The number of halogens is 1. The number of rotatable bonds is 5. The van der Waals surface area contributed by atoms with E-state index in [0.29, 0.717) is 11.8 Å². The number of hydrogen-bond donors (Lipinski definition) is 0. The molecule has 0 N–H and O–H groups in total. The number of aldehydes is 1. The first kappa shape index (κ1) is 15.5. The summed E-state index contributed by atoms with van der Waals surface area (Å²) in [6.45, 7) is 0. The lowest BCUT2D eigenvalue weighted by Gasteiger charge is -2.11. The van der Waals surface area contributed by atoms with Crippen LogP contribution in [0.3, 0.4) is 0 Å². The van der Waals surface area contributed by atoms with E-state index in [-0.39, 0.29) is 16.4 Å². The quantitative estimate of drug-likeness (QED) is 0.597. The molecule has 0 radical (unpaired) electrons. The van der Waals surface area contributed by atoms with Crippen LogP contribution in [0.4, 0.5) is 0 Å². The van der Waals surface area contributed by atoms with Gasteiger partial charge in [0.2, 0.25) is 0 Å². The fourth-order valence-electron chi connectivity index (χ4n) is 1.59. The monoisotopic (exact) mass is 370 g/mol. The number of benzene rings is 2. The van der Waals surface area contributed by atoms with Gasteiger partial charge in [0, 0.05) is 10.0 Å². The number of carbonyl (C=O) groups excluding carboxylic acids is 1. The predicted molar refractivity (Wildman–Crippen MR) is 80.3 cm³/mol. The molecule has 0 unspecified atom stereocenters. The standard InChI is InChI=1S/C14H11BrO5S/c1-19-14-8-10(9-16)2-7-13(14)20-21(17,18)12-5-3-11(15)4-6-12/h2-9H,1H3. The van der Waals surface area contributed by atoms with Crippen LogP contribution in [-0.4, -0.2) is 21.8 Å². The molecule has 0 aliphatic carbocycles. The highest BCUT2D eigenvalue weighted by molar-refractivity contribution is 9.10. The van der Waals surface area contributed by atoms with Crippen molar-refractivity contribution >= 4 is 32.3 Å². The second-order valence-electron chi connectivity index (χ2n) is 4.02. The van der Waals surface area contributed by atoms with Crippen molar-refractivity contribution in [2.45, 2.75) is 4.90 Å². The van der Waals surface area contributed by atoms with Crippen LogP contribution in [-0.2, 0) is 10.1 Å². The lowest BCUT2D eigenvalue weighted by molar-refractivity contribution is 0.112. The summed E-state index contributed by atoms with van der Waals surface area (Å²) in [5.74, 6) is 0.186. The number of hydrogen-bond acceptors (Lipinski definition) is 5. The summed E-state index contributed by atoms with van der Waals surface area (Å²) >= 11 is 3.23. The molecule has 0 saturated carbocycles. The maximum absolute atomic E-state index is 12.2. The van der Waals surface area contributed by atoms with E-state index in [1.807, 2.05) is 0 Å². The number of ether oxygens (including phenoxy) is 1. The van der Waals surface area contributed by atoms with Gasteiger partial charge >= 0.3 is 10.1 Å². The molecule has 0 heterocycles. The molecule has 5 nitrogen and oxygen atoms in total. The van der Waals surface area contributed by atoms with Crippen LogP contribution >= 0.6 is 15.9 Å². The number of carbonyl (C=O) groups is 1. The topological polar surface area (TPSA) is 69.7 Å². The van der Waals surface area contributed by atoms with Crippen LogP contribution in [0.5, 0.6) is 11.5 Å². The Bertz CT molecular complexity index is 753. The van der Waals surface area contributed by atoms with E-state index >= 15 is 0 Å². The summed E-state index contributed by atoms with van der Waals surface area (Å²) < 4.78 is 35.2. The minimum Gasteiger partial charge on any atom is -0.493 e. The van der Waals surface area contributed by atoms with E-state index < -0.39 is 10.1 Å². The lowest BCUT2D eigenvalue weighted by atomic mass is 10.2. The molecule has 110 valence electrons. The van der Waals surface area contributed by atoms with Crippen LogP contribution in [0.2, 0.25) is 0 Å². The SMILES string of the molecule is COc1cc(C=O)ccc1OS(=O)(=O)c1ccc(Br)cc1. The van der Waals surface area contributed by atoms with Crippen LogP contribution in [0.25, 0.3) is 0 Å². The fraction of sp³-hybridized carbons (Fsp3) is 0.0714. The Hall–Kier alpha value is -1.86. The molecule has 0 fully saturated rings. The van der Waals surface area contributed by atoms with E-state index in [2.05, 4.69) is 15.9 Å². The predicted octanol–water partition coefficient (Wildman–Crippen LogP) is 3.04. The van der Waals surface area contributed by atoms with Crippen LogP contribution in [0, 0.1) is 0 Å². The van der Waals surface area contributed by atoms with Crippen LogP contribution in [0.15, 0.2) is 51.8 Å². The summed E-state index contributed by atoms with van der Waals surface area (Å²) in [5.41, 5.74) is 0.361. The third-order valence-corrected chi connectivity index (χ3v) is 4.40. The first-order chi connectivity index (χ1) is 9.96. The average molecular weight is 371 g/mol. The summed E-state index contributed by atoms with van der Waals surface area (Å²) in [6, 6.07) is 10.3. The Balaban J connectivity index is 2.36. The molecule has 2 aromatic rings. The normalized spacial score (nSPS) is 11.0. The molecular formula is C14H11BrO5S. The highest BCUT2D eigenvalue weighted by Gasteiger charge is 2.19. The largest absolute Gasteiger partial charge is 0.493 e. The van der Waals surface area contributed by atoms with E-state index in [4.69, 9.17) is 8.92 Å². The van der Waals surface area contributed by atoms with E-state index in [9.17, 15) is 13.2 Å². The molecular weight excluding hydrogens is 360 g/mol. The van der Waals surface area contributed by atoms with E-state index in [1.54, 1.807) is 12.1 Å². The molecule has 21 heavy (non-hydrogen) atoms. The maximum atomic E-state index is 12.2. The summed E-state index contributed by atoms with van der Waals surface area (Å²) in [7, 11) is -2.61. The van der Waals surface area contributed by atoms with E-state index in [0.717, 1.165) is 4.47 Å². The zero-order chi connectivity index (χ0) is 15.5. The van der Waals surface area contributed by atoms with Crippen molar-refractivity contribution in [2.24, 2.45) is 0 Å². The van der Waals surface area contributed by atoms with Crippen molar-refractivity contribution in [3.8, 4) is 11.5 Å². The minimum atomic E-state index is -3.97. The van der Waals surface area contributed by atoms with Crippen LogP contribution in [0.1, 0.15) is 10.4 Å². The van der Waals surface area contributed by atoms with Gasteiger partial charge in [-0.2, -0.15) is 8.42 Å². The first-order valence-electron chi connectivity index (χ1n) is 5.79. The maximum Gasteiger partial charge on any atom is 0.339 e. The Morgan fingerprint density at radius 2 is 1.71 bits per heavy atom. The fourth-order valence-corrected chi connectivity index (χ4v) is 2.80. The van der Waals surface area contributed by atoms with Gasteiger partial charge in [-0.15, -0.1) is 0 Å². The van der Waals surface area contributed by atoms with Crippen molar-refractivity contribution in [1.82, 2.24) is 0 Å². The smallest absolute Gasteiger partial charge is 0.339 e. The molecule has 0 aliphatic rings. The summed E-state index contributed by atoms with van der Waals surface area (Å²) in [6.07, 6.45) is 0.634. The summed E-state index contributed by atoms with van der Waals surface area (Å²) in [4.78, 5) is 10.7. The van der Waals surface area contributed by atoms with Gasteiger partial charge in [-0.05, 0) is 42.5 Å². The molecule has 0 amide bonds. The van der Waals surface area contributed by atoms with Gasteiger partial charge in [0.25, 0.3) is 0 Å².